The van der Waals surface area contributed by atoms with E-state index in [0.29, 0.717) is 37.5 Å². The molecule has 2 aliphatic heterocycles. The lowest BCUT2D eigenvalue weighted by Gasteiger charge is -2.39. The summed E-state index contributed by atoms with van der Waals surface area (Å²) in [5.74, 6) is -0.523. The third kappa shape index (κ3) is 5.33. The molecule has 1 aromatic heterocycles. The molecule has 5 rings (SSSR count). The molecular formula is C29H33N3O4S2. The molecule has 9 heteroatoms. The number of benzene rings is 2. The maximum Gasteiger partial charge on any atom is 0.253 e. The SMILES string of the molecule is CC(C)c1ccc(N2C(=O)CC(N(C3CCN(Cc4ccccc4)CC3)S(=O)(=O)c3cccs3)C2=O)cc1. The van der Waals surface area contributed by atoms with Gasteiger partial charge in [-0.3, -0.25) is 14.5 Å². The van der Waals surface area contributed by atoms with Gasteiger partial charge in [-0.2, -0.15) is 4.31 Å². The number of sulfonamides is 1. The van der Waals surface area contributed by atoms with Gasteiger partial charge < -0.3 is 0 Å². The third-order valence-electron chi connectivity index (χ3n) is 7.44. The topological polar surface area (TPSA) is 78.0 Å². The van der Waals surface area contributed by atoms with Crippen molar-refractivity contribution in [3.05, 3.63) is 83.2 Å². The van der Waals surface area contributed by atoms with Crippen LogP contribution in [0, 0.1) is 0 Å². The Kier molecular flexibility index (Phi) is 7.81. The Balaban J connectivity index is 1.40. The Morgan fingerprint density at radius 1 is 0.947 bits per heavy atom. The van der Waals surface area contributed by atoms with Gasteiger partial charge in [0.1, 0.15) is 10.3 Å². The molecule has 3 heterocycles. The Bertz CT molecular complexity index is 1360. The molecule has 2 aromatic carbocycles. The fourth-order valence-electron chi connectivity index (χ4n) is 5.40. The van der Waals surface area contributed by atoms with Gasteiger partial charge in [0.05, 0.1) is 12.1 Å². The fourth-order valence-corrected chi connectivity index (χ4v) is 8.32. The summed E-state index contributed by atoms with van der Waals surface area (Å²) in [5, 5.41) is 1.72. The molecule has 200 valence electrons. The highest BCUT2D eigenvalue weighted by molar-refractivity contribution is 7.91. The monoisotopic (exact) mass is 551 g/mol. The number of imide groups is 1. The van der Waals surface area contributed by atoms with Gasteiger partial charge in [-0.15, -0.1) is 11.3 Å². The molecule has 0 aliphatic carbocycles. The summed E-state index contributed by atoms with van der Waals surface area (Å²) in [6.45, 7) is 6.38. The van der Waals surface area contributed by atoms with Crippen LogP contribution in [0.5, 0.6) is 0 Å². The minimum atomic E-state index is -3.96. The number of hydrogen-bond donors (Lipinski definition) is 0. The Morgan fingerprint density at radius 2 is 1.63 bits per heavy atom. The number of hydrogen-bond acceptors (Lipinski definition) is 6. The summed E-state index contributed by atoms with van der Waals surface area (Å²) < 4.78 is 29.4. The van der Waals surface area contributed by atoms with Gasteiger partial charge in [0.15, 0.2) is 0 Å². The number of thiophene rings is 1. The van der Waals surface area contributed by atoms with Crippen LogP contribution in [0.4, 0.5) is 5.69 Å². The quantitative estimate of drug-likeness (QED) is 0.374. The van der Waals surface area contributed by atoms with Crippen molar-refractivity contribution >= 4 is 38.9 Å². The molecule has 0 bridgehead atoms. The number of anilines is 1. The van der Waals surface area contributed by atoms with Crippen LogP contribution in [0.3, 0.4) is 0 Å². The molecule has 2 fully saturated rings. The smallest absolute Gasteiger partial charge is 0.253 e. The standard InChI is InChI=1S/C29H33N3O4S2/c1-21(2)23-10-12-24(13-11-23)31-27(33)19-26(29(31)34)32(38(35,36)28-9-6-18-37-28)25-14-16-30(17-15-25)20-22-7-4-3-5-8-22/h3-13,18,21,25-26H,14-17,19-20H2,1-2H3. The number of rotatable bonds is 8. The lowest BCUT2D eigenvalue weighted by Crippen LogP contribution is -2.53. The maximum absolute atomic E-state index is 13.9. The molecule has 2 aliphatic rings. The highest BCUT2D eigenvalue weighted by atomic mass is 32.2. The Hall–Kier alpha value is -2.85. The second-order valence-electron chi connectivity index (χ2n) is 10.3. The highest BCUT2D eigenvalue weighted by Gasteiger charge is 2.50. The number of carbonyl (C=O) groups excluding carboxylic acids is 2. The second-order valence-corrected chi connectivity index (χ2v) is 13.3. The number of amides is 2. The largest absolute Gasteiger partial charge is 0.299 e. The highest BCUT2D eigenvalue weighted by Crippen LogP contribution is 2.35. The molecular weight excluding hydrogens is 518 g/mol. The molecule has 2 saturated heterocycles. The minimum absolute atomic E-state index is 0.153. The van der Waals surface area contributed by atoms with Gasteiger partial charge in [-0.05, 0) is 53.5 Å². The number of piperidine rings is 1. The summed E-state index contributed by atoms with van der Waals surface area (Å²) in [4.78, 5) is 30.4. The van der Waals surface area contributed by atoms with Crippen molar-refractivity contribution in [3.8, 4) is 0 Å². The normalized spacial score (nSPS) is 19.7. The van der Waals surface area contributed by atoms with Crippen LogP contribution in [-0.4, -0.2) is 54.6 Å². The molecule has 1 atom stereocenters. The zero-order valence-corrected chi connectivity index (χ0v) is 23.3. The van der Waals surface area contributed by atoms with Gasteiger partial charge in [-0.25, -0.2) is 13.3 Å². The van der Waals surface area contributed by atoms with Crippen LogP contribution in [0.1, 0.15) is 50.2 Å². The summed E-state index contributed by atoms with van der Waals surface area (Å²) in [6.07, 6.45) is 1.04. The first-order valence-corrected chi connectivity index (χ1v) is 15.4. The predicted octanol–water partition coefficient (Wildman–Crippen LogP) is 4.86. The van der Waals surface area contributed by atoms with E-state index in [0.717, 1.165) is 28.3 Å². The van der Waals surface area contributed by atoms with Gasteiger partial charge in [0.2, 0.25) is 5.91 Å². The molecule has 0 spiro atoms. The average Bonchev–Trinajstić information content (AvgIpc) is 3.55. The van der Waals surface area contributed by atoms with Crippen LogP contribution in [0.2, 0.25) is 0 Å². The van der Waals surface area contributed by atoms with Crippen LogP contribution >= 0.6 is 11.3 Å². The Morgan fingerprint density at radius 3 is 2.24 bits per heavy atom. The van der Waals surface area contributed by atoms with E-state index in [1.165, 1.54) is 9.87 Å². The molecule has 38 heavy (non-hydrogen) atoms. The van der Waals surface area contributed by atoms with Gasteiger partial charge in [-0.1, -0.05) is 62.4 Å². The van der Waals surface area contributed by atoms with Gasteiger partial charge in [0, 0.05) is 25.7 Å². The molecule has 7 nitrogen and oxygen atoms in total. The first-order valence-electron chi connectivity index (χ1n) is 13.1. The van der Waals surface area contributed by atoms with Crippen molar-refractivity contribution in [2.45, 2.75) is 61.9 Å². The van der Waals surface area contributed by atoms with Crippen LogP contribution < -0.4 is 4.90 Å². The van der Waals surface area contributed by atoms with Crippen molar-refractivity contribution in [1.82, 2.24) is 9.21 Å². The molecule has 3 aromatic rings. The number of carbonyl (C=O) groups is 2. The molecule has 1 unspecified atom stereocenters. The van der Waals surface area contributed by atoms with E-state index in [4.69, 9.17) is 0 Å². The molecule has 2 amide bonds. The van der Waals surface area contributed by atoms with Crippen molar-refractivity contribution in [1.29, 1.82) is 0 Å². The second kappa shape index (κ2) is 11.1. The van der Waals surface area contributed by atoms with Crippen LogP contribution in [0.25, 0.3) is 0 Å². The van der Waals surface area contributed by atoms with E-state index in [9.17, 15) is 18.0 Å². The average molecular weight is 552 g/mol. The first-order chi connectivity index (χ1) is 18.3. The van der Waals surface area contributed by atoms with Crippen molar-refractivity contribution in [3.63, 3.8) is 0 Å². The van der Waals surface area contributed by atoms with Crippen LogP contribution in [0.15, 0.2) is 76.3 Å². The number of likely N-dealkylation sites (tertiary alicyclic amines) is 1. The predicted molar refractivity (Wildman–Crippen MR) is 150 cm³/mol. The van der Waals surface area contributed by atoms with Crippen molar-refractivity contribution in [2.24, 2.45) is 0 Å². The summed E-state index contributed by atoms with van der Waals surface area (Å²) in [6, 6.07) is 19.4. The maximum atomic E-state index is 13.9. The number of nitrogens with zero attached hydrogens (tertiary/aromatic N) is 3. The minimum Gasteiger partial charge on any atom is -0.299 e. The van der Waals surface area contributed by atoms with Gasteiger partial charge in [0.25, 0.3) is 15.9 Å². The summed E-state index contributed by atoms with van der Waals surface area (Å²) in [5.41, 5.74) is 2.80. The summed E-state index contributed by atoms with van der Waals surface area (Å²) >= 11 is 1.14. The zero-order chi connectivity index (χ0) is 26.9. The van der Waals surface area contributed by atoms with Crippen molar-refractivity contribution in [2.75, 3.05) is 18.0 Å². The van der Waals surface area contributed by atoms with E-state index in [1.54, 1.807) is 29.6 Å². The molecule has 0 radical (unpaired) electrons. The van der Waals surface area contributed by atoms with E-state index < -0.39 is 22.0 Å². The summed E-state index contributed by atoms with van der Waals surface area (Å²) in [7, 11) is -3.96. The van der Waals surface area contributed by atoms with Crippen molar-refractivity contribution < 1.29 is 18.0 Å². The lowest BCUT2D eigenvalue weighted by molar-refractivity contribution is -0.122. The Labute approximate surface area is 228 Å². The van der Waals surface area contributed by atoms with E-state index in [-0.39, 0.29) is 22.6 Å². The zero-order valence-electron chi connectivity index (χ0n) is 21.7. The van der Waals surface area contributed by atoms with Gasteiger partial charge >= 0.3 is 0 Å². The first kappa shape index (κ1) is 26.7. The van der Waals surface area contributed by atoms with E-state index >= 15 is 0 Å². The fraction of sp³-hybridized carbons (Fsp3) is 0.379. The van der Waals surface area contributed by atoms with E-state index in [2.05, 4.69) is 30.9 Å². The van der Waals surface area contributed by atoms with Crippen LogP contribution in [-0.2, 0) is 26.2 Å². The molecule has 0 N–H and O–H groups in total. The van der Waals surface area contributed by atoms with E-state index in [1.807, 2.05) is 30.3 Å². The third-order valence-corrected chi connectivity index (χ3v) is 10.8. The molecule has 0 saturated carbocycles. The lowest BCUT2D eigenvalue weighted by atomic mass is 10.0.